The van der Waals surface area contributed by atoms with E-state index in [9.17, 15) is 19.2 Å². The molecular formula is C16H30N4O5S2. The number of amides is 3. The van der Waals surface area contributed by atoms with Crippen LogP contribution in [0.25, 0.3) is 0 Å². The summed E-state index contributed by atoms with van der Waals surface area (Å²) in [6.07, 6.45) is 4.46. The molecule has 4 unspecified atom stereocenters. The minimum atomic E-state index is -1.17. The molecule has 0 aromatic heterocycles. The van der Waals surface area contributed by atoms with Crippen molar-refractivity contribution in [2.75, 3.05) is 24.0 Å². The lowest BCUT2D eigenvalue weighted by Gasteiger charge is -2.24. The second-order valence-corrected chi connectivity index (χ2v) is 8.01. The molecule has 4 atom stereocenters. The number of aliphatic carboxylic acids is 1. The Labute approximate surface area is 168 Å². The molecule has 0 rings (SSSR count). The molecule has 156 valence electrons. The molecule has 9 nitrogen and oxygen atoms in total. The number of thioether (sulfide) groups is 2. The van der Waals surface area contributed by atoms with Crippen LogP contribution in [0.1, 0.15) is 26.7 Å². The van der Waals surface area contributed by atoms with E-state index in [1.165, 1.54) is 37.4 Å². The zero-order valence-corrected chi connectivity index (χ0v) is 17.7. The van der Waals surface area contributed by atoms with Gasteiger partial charge >= 0.3 is 5.97 Å². The van der Waals surface area contributed by atoms with Crippen molar-refractivity contribution in [2.24, 2.45) is 5.73 Å². The third-order valence-corrected chi connectivity index (χ3v) is 4.92. The van der Waals surface area contributed by atoms with Crippen LogP contribution in [0, 0.1) is 0 Å². The van der Waals surface area contributed by atoms with Gasteiger partial charge in [-0.1, -0.05) is 0 Å². The van der Waals surface area contributed by atoms with Gasteiger partial charge in [0.05, 0.1) is 6.04 Å². The Bertz CT molecular complexity index is 519. The fourth-order valence-corrected chi connectivity index (χ4v) is 2.90. The first-order valence-electron chi connectivity index (χ1n) is 8.51. The van der Waals surface area contributed by atoms with Crippen molar-refractivity contribution in [1.29, 1.82) is 0 Å². The highest BCUT2D eigenvalue weighted by Crippen LogP contribution is 2.05. The summed E-state index contributed by atoms with van der Waals surface area (Å²) in [6.45, 7) is 2.86. The maximum atomic E-state index is 12.6. The van der Waals surface area contributed by atoms with Crippen LogP contribution in [0.15, 0.2) is 0 Å². The summed E-state index contributed by atoms with van der Waals surface area (Å²) in [4.78, 5) is 47.8. The maximum Gasteiger partial charge on any atom is 0.325 e. The van der Waals surface area contributed by atoms with E-state index in [0.717, 1.165) is 0 Å². The number of nitrogens with one attached hydrogen (secondary N) is 3. The Morgan fingerprint density at radius 3 is 1.63 bits per heavy atom. The lowest BCUT2D eigenvalue weighted by molar-refractivity contribution is -0.141. The molecule has 0 saturated heterocycles. The summed E-state index contributed by atoms with van der Waals surface area (Å²) in [5.74, 6) is -1.46. The first kappa shape index (κ1) is 25.5. The average Bonchev–Trinajstić information content (AvgIpc) is 2.60. The van der Waals surface area contributed by atoms with Crippen LogP contribution in [-0.2, 0) is 19.2 Å². The van der Waals surface area contributed by atoms with Gasteiger partial charge in [0.1, 0.15) is 18.1 Å². The fraction of sp³-hybridized carbons (Fsp3) is 0.750. The van der Waals surface area contributed by atoms with Gasteiger partial charge in [0.15, 0.2) is 0 Å². The number of carboxylic acids is 1. The van der Waals surface area contributed by atoms with Crippen LogP contribution < -0.4 is 21.7 Å². The number of carboxylic acid groups (broad SMARTS) is 1. The van der Waals surface area contributed by atoms with E-state index in [1.807, 2.05) is 12.5 Å². The fourth-order valence-electron chi connectivity index (χ4n) is 1.96. The largest absolute Gasteiger partial charge is 0.480 e. The van der Waals surface area contributed by atoms with Crippen LogP contribution in [0.2, 0.25) is 0 Å². The van der Waals surface area contributed by atoms with Crippen molar-refractivity contribution < 1.29 is 24.3 Å². The number of rotatable bonds is 13. The predicted octanol–water partition coefficient (Wildman–Crippen LogP) is -0.601. The summed E-state index contributed by atoms with van der Waals surface area (Å²) in [5, 5.41) is 16.5. The molecule has 11 heteroatoms. The lowest BCUT2D eigenvalue weighted by Crippen LogP contribution is -2.56. The van der Waals surface area contributed by atoms with Gasteiger partial charge in [-0.3, -0.25) is 19.2 Å². The topological polar surface area (TPSA) is 151 Å². The normalized spacial score (nSPS) is 15.1. The molecule has 0 aliphatic heterocycles. The molecule has 0 aliphatic carbocycles. The number of hydrogen-bond acceptors (Lipinski definition) is 7. The van der Waals surface area contributed by atoms with E-state index in [0.29, 0.717) is 24.3 Å². The number of nitrogens with two attached hydrogens (primary N) is 1. The van der Waals surface area contributed by atoms with E-state index in [2.05, 4.69) is 16.0 Å². The van der Waals surface area contributed by atoms with Crippen LogP contribution in [0.4, 0.5) is 0 Å². The number of carbonyl (C=O) groups excluding carboxylic acids is 3. The van der Waals surface area contributed by atoms with E-state index in [-0.39, 0.29) is 0 Å². The van der Waals surface area contributed by atoms with Gasteiger partial charge in [-0.15, -0.1) is 0 Å². The van der Waals surface area contributed by atoms with Crippen LogP contribution in [0.3, 0.4) is 0 Å². The smallest absolute Gasteiger partial charge is 0.325 e. The van der Waals surface area contributed by atoms with Gasteiger partial charge in [-0.05, 0) is 50.7 Å². The van der Waals surface area contributed by atoms with E-state index in [4.69, 9.17) is 10.8 Å². The highest BCUT2D eigenvalue weighted by Gasteiger charge is 2.28. The first-order chi connectivity index (χ1) is 12.6. The molecule has 0 fully saturated rings. The van der Waals surface area contributed by atoms with Crippen molar-refractivity contribution in [2.45, 2.75) is 50.9 Å². The van der Waals surface area contributed by atoms with Crippen LogP contribution >= 0.6 is 23.5 Å². The van der Waals surface area contributed by atoms with E-state index >= 15 is 0 Å². The standard InChI is InChI=1S/C16H30N4O5S2/c1-9(17)13(21)19-12(6-8-27-4)15(23)20-11(5-7-26-3)14(22)18-10(2)16(24)25/h9-12H,5-8,17H2,1-4H3,(H,18,22)(H,19,21)(H,20,23)(H,24,25). The summed E-state index contributed by atoms with van der Waals surface area (Å²) in [7, 11) is 0. The molecule has 3 amide bonds. The Hall–Kier alpha value is -1.46. The molecule has 6 N–H and O–H groups in total. The molecule has 0 saturated carbocycles. The molecule has 27 heavy (non-hydrogen) atoms. The second-order valence-electron chi connectivity index (χ2n) is 6.04. The molecule has 0 aromatic rings. The molecule has 0 heterocycles. The molecule has 0 bridgehead atoms. The van der Waals surface area contributed by atoms with Gasteiger partial charge in [0.25, 0.3) is 0 Å². The molecule has 0 radical (unpaired) electrons. The minimum absolute atomic E-state index is 0.335. The van der Waals surface area contributed by atoms with Crippen molar-refractivity contribution >= 4 is 47.2 Å². The molecule has 0 aromatic carbocycles. The van der Waals surface area contributed by atoms with Gasteiger partial charge in [-0.25, -0.2) is 0 Å². The van der Waals surface area contributed by atoms with E-state index in [1.54, 1.807) is 0 Å². The summed E-state index contributed by atoms with van der Waals surface area (Å²) in [6, 6.07) is -3.55. The van der Waals surface area contributed by atoms with Crippen LogP contribution in [0.5, 0.6) is 0 Å². The third-order valence-electron chi connectivity index (χ3n) is 3.63. The number of carbonyl (C=O) groups is 4. The zero-order chi connectivity index (χ0) is 21.0. The Kier molecular flexibility index (Phi) is 12.9. The second kappa shape index (κ2) is 13.7. The average molecular weight is 423 g/mol. The molecule has 0 aliphatic rings. The van der Waals surface area contributed by atoms with Gasteiger partial charge in [-0.2, -0.15) is 23.5 Å². The highest BCUT2D eigenvalue weighted by atomic mass is 32.2. The van der Waals surface area contributed by atoms with Gasteiger partial charge in [0, 0.05) is 0 Å². The third kappa shape index (κ3) is 10.5. The van der Waals surface area contributed by atoms with Crippen molar-refractivity contribution in [3.05, 3.63) is 0 Å². The van der Waals surface area contributed by atoms with Crippen molar-refractivity contribution in [1.82, 2.24) is 16.0 Å². The van der Waals surface area contributed by atoms with E-state index < -0.39 is 47.9 Å². The number of hydrogen-bond donors (Lipinski definition) is 5. The Morgan fingerprint density at radius 1 is 0.852 bits per heavy atom. The Balaban J connectivity index is 5.13. The summed E-state index contributed by atoms with van der Waals surface area (Å²) >= 11 is 3.02. The van der Waals surface area contributed by atoms with Crippen LogP contribution in [-0.4, -0.2) is 77.0 Å². The Morgan fingerprint density at radius 2 is 1.26 bits per heavy atom. The van der Waals surface area contributed by atoms with Gasteiger partial charge < -0.3 is 26.8 Å². The summed E-state index contributed by atoms with van der Waals surface area (Å²) in [5.41, 5.74) is 5.54. The zero-order valence-electron chi connectivity index (χ0n) is 16.1. The van der Waals surface area contributed by atoms with Crippen molar-refractivity contribution in [3.63, 3.8) is 0 Å². The monoisotopic (exact) mass is 422 g/mol. The summed E-state index contributed by atoms with van der Waals surface area (Å²) < 4.78 is 0. The van der Waals surface area contributed by atoms with Crippen molar-refractivity contribution in [3.8, 4) is 0 Å². The molecular weight excluding hydrogens is 392 g/mol. The SMILES string of the molecule is CSCCC(NC(=O)C(C)N)C(=O)NC(CCSC)C(=O)NC(C)C(=O)O. The molecule has 0 spiro atoms. The minimum Gasteiger partial charge on any atom is -0.480 e. The lowest BCUT2D eigenvalue weighted by atomic mass is 10.1. The predicted molar refractivity (Wildman–Crippen MR) is 109 cm³/mol. The first-order valence-corrected chi connectivity index (χ1v) is 11.3. The highest BCUT2D eigenvalue weighted by molar-refractivity contribution is 7.98. The maximum absolute atomic E-state index is 12.6. The quantitative estimate of drug-likeness (QED) is 0.264. The van der Waals surface area contributed by atoms with Gasteiger partial charge in [0.2, 0.25) is 17.7 Å².